The summed E-state index contributed by atoms with van der Waals surface area (Å²) in [7, 11) is 0. The number of hydrogen-bond donors (Lipinski definition) is 1. The molecule has 1 aliphatic heterocycles. The highest BCUT2D eigenvalue weighted by Gasteiger charge is 2.36. The summed E-state index contributed by atoms with van der Waals surface area (Å²) in [6.07, 6.45) is 2.65. The Balaban J connectivity index is 2.19. The number of fused-ring (bicyclic) bond motifs is 1. The number of anilines is 1. The first-order valence-electron chi connectivity index (χ1n) is 9.26. The van der Waals surface area contributed by atoms with Gasteiger partial charge in [0.25, 0.3) is 0 Å². The fraction of sp³-hybridized carbons (Fsp3) is 0.619. The number of hydrogen-bond acceptors (Lipinski definition) is 5. The average Bonchev–Trinajstić information content (AvgIpc) is 2.47. The van der Waals surface area contributed by atoms with Crippen molar-refractivity contribution < 1.29 is 19.4 Å². The Hall–Kier alpha value is -2.04. The number of nitrogens with zero attached hydrogens (tertiary/aromatic N) is 1. The second-order valence-electron chi connectivity index (χ2n) is 8.85. The van der Waals surface area contributed by atoms with E-state index in [4.69, 9.17) is 4.74 Å². The van der Waals surface area contributed by atoms with Crippen LogP contribution in [0.15, 0.2) is 12.1 Å². The van der Waals surface area contributed by atoms with Crippen LogP contribution in [0.25, 0.3) is 0 Å². The molecule has 0 amide bonds. The monoisotopic (exact) mass is 361 g/mol. The normalized spacial score (nSPS) is 19.0. The molecule has 0 aliphatic carbocycles. The largest absolute Gasteiger partial charge is 0.507 e. The van der Waals surface area contributed by atoms with Gasteiger partial charge >= 0.3 is 5.97 Å². The minimum atomic E-state index is -0.472. The molecule has 0 saturated heterocycles. The molecular formula is C21H31NO4. The Morgan fingerprint density at radius 3 is 2.62 bits per heavy atom. The van der Waals surface area contributed by atoms with Crippen molar-refractivity contribution in [1.29, 1.82) is 0 Å². The number of rotatable bonds is 5. The molecular weight excluding hydrogens is 330 g/mol. The van der Waals surface area contributed by atoms with E-state index >= 15 is 0 Å². The van der Waals surface area contributed by atoms with Gasteiger partial charge in [-0.1, -0.05) is 6.92 Å². The van der Waals surface area contributed by atoms with E-state index in [0.29, 0.717) is 37.2 Å². The standard InChI is InChI=1S/C21H31NO4/c1-14-12-21(5,6)22(9-7-8-19(25)26-20(2,3)4)17-11-18(24)15(13-23)10-16(14)17/h10-11,13-14,24H,7-9,12H2,1-6H3. The summed E-state index contributed by atoms with van der Waals surface area (Å²) in [4.78, 5) is 25.4. The third kappa shape index (κ3) is 4.57. The van der Waals surface area contributed by atoms with E-state index in [1.807, 2.05) is 20.8 Å². The van der Waals surface area contributed by atoms with E-state index in [-0.39, 0.29) is 17.3 Å². The second kappa shape index (κ2) is 7.29. The summed E-state index contributed by atoms with van der Waals surface area (Å²) in [6.45, 7) is 12.8. The SMILES string of the molecule is CC1CC(C)(C)N(CCCC(=O)OC(C)(C)C)c2cc(O)c(C=O)cc21. The van der Waals surface area contributed by atoms with Crippen LogP contribution in [0.1, 0.15) is 82.6 Å². The van der Waals surface area contributed by atoms with Crippen LogP contribution in [0.5, 0.6) is 5.75 Å². The molecule has 0 fully saturated rings. The summed E-state index contributed by atoms with van der Waals surface area (Å²) in [5.74, 6) is 0.0993. The van der Waals surface area contributed by atoms with Gasteiger partial charge in [-0.25, -0.2) is 0 Å². The van der Waals surface area contributed by atoms with Gasteiger partial charge in [0, 0.05) is 30.3 Å². The van der Waals surface area contributed by atoms with Gasteiger partial charge in [0.15, 0.2) is 6.29 Å². The van der Waals surface area contributed by atoms with Crippen LogP contribution in [0.3, 0.4) is 0 Å². The predicted octanol–water partition coefficient (Wildman–Crippen LogP) is 4.42. The molecule has 1 unspecified atom stereocenters. The van der Waals surface area contributed by atoms with Crippen molar-refractivity contribution in [2.75, 3.05) is 11.4 Å². The molecule has 1 heterocycles. The van der Waals surface area contributed by atoms with Crippen molar-refractivity contribution in [2.24, 2.45) is 0 Å². The lowest BCUT2D eigenvalue weighted by Crippen LogP contribution is -2.49. The molecule has 5 heteroatoms. The number of aldehydes is 1. The zero-order chi connectivity index (χ0) is 19.7. The van der Waals surface area contributed by atoms with Crippen LogP contribution < -0.4 is 4.90 Å². The molecule has 2 rings (SSSR count). The maximum atomic E-state index is 12.0. The van der Waals surface area contributed by atoms with Crippen molar-refractivity contribution >= 4 is 17.9 Å². The lowest BCUT2D eigenvalue weighted by molar-refractivity contribution is -0.154. The molecule has 1 aromatic rings. The van der Waals surface area contributed by atoms with Gasteiger partial charge in [0.05, 0.1) is 5.56 Å². The molecule has 1 aliphatic rings. The number of aromatic hydroxyl groups is 1. The molecule has 0 aromatic heterocycles. The van der Waals surface area contributed by atoms with Gasteiger partial charge in [-0.3, -0.25) is 9.59 Å². The van der Waals surface area contributed by atoms with Crippen LogP contribution >= 0.6 is 0 Å². The Morgan fingerprint density at radius 1 is 1.38 bits per heavy atom. The first kappa shape index (κ1) is 20.3. The maximum absolute atomic E-state index is 12.0. The average molecular weight is 361 g/mol. The lowest BCUT2D eigenvalue weighted by Gasteiger charge is -2.47. The Kier molecular flexibility index (Phi) is 5.69. The lowest BCUT2D eigenvalue weighted by atomic mass is 9.79. The van der Waals surface area contributed by atoms with Crippen molar-refractivity contribution in [1.82, 2.24) is 0 Å². The third-order valence-electron chi connectivity index (χ3n) is 4.84. The molecule has 0 bridgehead atoms. The van der Waals surface area contributed by atoms with E-state index in [9.17, 15) is 14.7 Å². The number of benzene rings is 1. The van der Waals surface area contributed by atoms with Gasteiger partial charge in [-0.15, -0.1) is 0 Å². The van der Waals surface area contributed by atoms with Crippen LogP contribution in [-0.2, 0) is 9.53 Å². The predicted molar refractivity (Wildman–Crippen MR) is 103 cm³/mol. The zero-order valence-electron chi connectivity index (χ0n) is 16.8. The van der Waals surface area contributed by atoms with Crippen LogP contribution in [0, 0.1) is 0 Å². The number of ether oxygens (including phenoxy) is 1. The summed E-state index contributed by atoms with van der Waals surface area (Å²) < 4.78 is 5.38. The molecule has 1 N–H and O–H groups in total. The molecule has 1 aromatic carbocycles. The first-order chi connectivity index (χ1) is 11.9. The van der Waals surface area contributed by atoms with Crippen LogP contribution in [-0.4, -0.2) is 35.0 Å². The van der Waals surface area contributed by atoms with E-state index < -0.39 is 5.60 Å². The summed E-state index contributed by atoms with van der Waals surface area (Å²) in [5, 5.41) is 10.1. The van der Waals surface area contributed by atoms with Gasteiger partial charge in [-0.2, -0.15) is 0 Å². The minimum absolute atomic E-state index is 0.000734. The molecule has 5 nitrogen and oxygen atoms in total. The Bertz CT molecular complexity index is 688. The number of carbonyl (C=O) groups is 2. The molecule has 26 heavy (non-hydrogen) atoms. The van der Waals surface area contributed by atoms with Crippen molar-refractivity contribution in [3.8, 4) is 5.75 Å². The van der Waals surface area contributed by atoms with Crippen molar-refractivity contribution in [2.45, 2.75) is 77.9 Å². The number of phenolic OH excluding ortho intramolecular Hbond substituents is 1. The van der Waals surface area contributed by atoms with Crippen LogP contribution in [0.4, 0.5) is 5.69 Å². The minimum Gasteiger partial charge on any atom is -0.507 e. The number of esters is 1. The summed E-state index contributed by atoms with van der Waals surface area (Å²) in [5.41, 5.74) is 1.77. The van der Waals surface area contributed by atoms with Gasteiger partial charge in [0.2, 0.25) is 0 Å². The Morgan fingerprint density at radius 2 is 2.04 bits per heavy atom. The highest BCUT2D eigenvalue weighted by molar-refractivity contribution is 5.82. The number of phenols is 1. The molecule has 0 radical (unpaired) electrons. The van der Waals surface area contributed by atoms with E-state index in [1.54, 1.807) is 12.1 Å². The van der Waals surface area contributed by atoms with Gasteiger partial charge in [0.1, 0.15) is 11.4 Å². The van der Waals surface area contributed by atoms with Gasteiger partial charge in [-0.05, 0) is 65.0 Å². The maximum Gasteiger partial charge on any atom is 0.306 e. The molecule has 1 atom stereocenters. The smallest absolute Gasteiger partial charge is 0.306 e. The molecule has 144 valence electrons. The zero-order valence-corrected chi connectivity index (χ0v) is 16.8. The van der Waals surface area contributed by atoms with Crippen molar-refractivity contribution in [3.05, 3.63) is 23.3 Å². The van der Waals surface area contributed by atoms with Crippen LogP contribution in [0.2, 0.25) is 0 Å². The highest BCUT2D eigenvalue weighted by Crippen LogP contribution is 2.45. The fourth-order valence-electron chi connectivity index (χ4n) is 3.83. The van der Waals surface area contributed by atoms with E-state index in [2.05, 4.69) is 25.7 Å². The third-order valence-corrected chi connectivity index (χ3v) is 4.84. The highest BCUT2D eigenvalue weighted by atomic mass is 16.6. The van der Waals surface area contributed by atoms with Gasteiger partial charge < -0.3 is 14.7 Å². The first-order valence-corrected chi connectivity index (χ1v) is 9.26. The molecule has 0 spiro atoms. The summed E-state index contributed by atoms with van der Waals surface area (Å²) in [6, 6.07) is 3.47. The van der Waals surface area contributed by atoms with Crippen molar-refractivity contribution in [3.63, 3.8) is 0 Å². The van der Waals surface area contributed by atoms with E-state index in [0.717, 1.165) is 17.7 Å². The molecule has 0 saturated carbocycles. The second-order valence-corrected chi connectivity index (χ2v) is 8.85. The van der Waals surface area contributed by atoms with E-state index in [1.165, 1.54) is 0 Å². The topological polar surface area (TPSA) is 66.8 Å². The quantitative estimate of drug-likeness (QED) is 0.621. The number of carbonyl (C=O) groups excluding carboxylic acids is 2. The fourth-order valence-corrected chi connectivity index (χ4v) is 3.83. The summed E-state index contributed by atoms with van der Waals surface area (Å²) >= 11 is 0. The Labute approximate surface area is 156 Å².